The van der Waals surface area contributed by atoms with E-state index in [1.165, 1.54) is 7.11 Å². The minimum Gasteiger partial charge on any atom is -0.465 e. The number of halogens is 1. The van der Waals surface area contributed by atoms with Crippen LogP contribution in [0.1, 0.15) is 32.1 Å². The Balaban J connectivity index is 2.36. The second-order valence-electron chi connectivity index (χ2n) is 4.84. The number of ether oxygens (including phenoxy) is 2. The molecule has 0 saturated heterocycles. The molecule has 1 aromatic carbocycles. The summed E-state index contributed by atoms with van der Waals surface area (Å²) < 4.78 is 9.89. The molecular weight excluding hydrogens is 306 g/mol. The zero-order chi connectivity index (χ0) is 15.9. The highest BCUT2D eigenvalue weighted by atomic mass is 35.5. The van der Waals surface area contributed by atoms with Crippen LogP contribution in [0.25, 0.3) is 11.1 Å². The molecule has 1 aromatic heterocycles. The summed E-state index contributed by atoms with van der Waals surface area (Å²) in [6.45, 7) is 1.81. The number of fused-ring (bicyclic) bond motifs is 1. The van der Waals surface area contributed by atoms with Gasteiger partial charge in [0, 0.05) is 10.6 Å². The van der Waals surface area contributed by atoms with Gasteiger partial charge >= 0.3 is 11.9 Å². The number of hydrogen-bond acceptors (Lipinski definition) is 5. The molecule has 2 aromatic rings. The van der Waals surface area contributed by atoms with Crippen LogP contribution < -0.4 is 0 Å². The highest BCUT2D eigenvalue weighted by Gasteiger charge is 2.32. The number of carbonyl (C=O) groups is 2. The van der Waals surface area contributed by atoms with Gasteiger partial charge in [-0.25, -0.2) is 9.59 Å². The van der Waals surface area contributed by atoms with Crippen LogP contribution in [0.3, 0.4) is 0 Å². The summed E-state index contributed by atoms with van der Waals surface area (Å²) in [6, 6.07) is 6.88. The van der Waals surface area contributed by atoms with E-state index in [-0.39, 0.29) is 12.2 Å². The molecule has 0 aliphatic carbocycles. The Morgan fingerprint density at radius 3 is 2.59 bits per heavy atom. The lowest BCUT2D eigenvalue weighted by atomic mass is 9.93. The topological polar surface area (TPSA) is 65.5 Å². The summed E-state index contributed by atoms with van der Waals surface area (Å²) >= 11 is 5.91. The SMILES string of the molecule is COC(=O)c1c(C)nc2c(c1-c1ccc(Cl)cc1)C(=O)OC2. The summed E-state index contributed by atoms with van der Waals surface area (Å²) in [6.07, 6.45) is 0. The molecule has 1 aliphatic heterocycles. The first-order valence-electron chi connectivity index (χ1n) is 6.57. The van der Waals surface area contributed by atoms with Crippen LogP contribution in [0.5, 0.6) is 0 Å². The first-order valence-corrected chi connectivity index (χ1v) is 6.95. The Hall–Kier alpha value is -2.40. The molecule has 1 aliphatic rings. The fourth-order valence-corrected chi connectivity index (χ4v) is 2.68. The van der Waals surface area contributed by atoms with Crippen molar-refractivity contribution >= 4 is 23.5 Å². The van der Waals surface area contributed by atoms with Gasteiger partial charge in [-0.2, -0.15) is 0 Å². The van der Waals surface area contributed by atoms with Crippen molar-refractivity contribution in [3.8, 4) is 11.1 Å². The summed E-state index contributed by atoms with van der Waals surface area (Å²) in [5, 5.41) is 0.563. The van der Waals surface area contributed by atoms with Crippen molar-refractivity contribution in [2.45, 2.75) is 13.5 Å². The number of benzene rings is 1. The van der Waals surface area contributed by atoms with Crippen LogP contribution in [0.15, 0.2) is 24.3 Å². The molecule has 0 radical (unpaired) electrons. The van der Waals surface area contributed by atoms with Crippen LogP contribution in [0.2, 0.25) is 5.02 Å². The van der Waals surface area contributed by atoms with Gasteiger partial charge in [0.1, 0.15) is 6.61 Å². The molecule has 0 amide bonds. The van der Waals surface area contributed by atoms with Crippen molar-refractivity contribution in [1.29, 1.82) is 0 Å². The van der Waals surface area contributed by atoms with E-state index in [1.54, 1.807) is 31.2 Å². The van der Waals surface area contributed by atoms with E-state index < -0.39 is 11.9 Å². The van der Waals surface area contributed by atoms with Gasteiger partial charge in [-0.15, -0.1) is 0 Å². The Bertz CT molecular complexity index is 784. The maximum Gasteiger partial charge on any atom is 0.341 e. The monoisotopic (exact) mass is 317 g/mol. The van der Waals surface area contributed by atoms with Gasteiger partial charge in [-0.1, -0.05) is 23.7 Å². The predicted molar refractivity (Wildman–Crippen MR) is 79.9 cm³/mol. The molecular formula is C16H12ClNO4. The maximum absolute atomic E-state index is 12.2. The third-order valence-corrected chi connectivity index (χ3v) is 3.77. The maximum atomic E-state index is 12.2. The summed E-state index contributed by atoms with van der Waals surface area (Å²) in [4.78, 5) is 28.5. The van der Waals surface area contributed by atoms with Gasteiger partial charge in [-0.3, -0.25) is 4.98 Å². The highest BCUT2D eigenvalue weighted by Crippen LogP contribution is 2.35. The van der Waals surface area contributed by atoms with Crippen molar-refractivity contribution in [2.24, 2.45) is 0 Å². The number of methoxy groups -OCH3 is 1. The Morgan fingerprint density at radius 1 is 1.27 bits per heavy atom. The minimum absolute atomic E-state index is 0.108. The van der Waals surface area contributed by atoms with Crippen molar-refractivity contribution in [2.75, 3.05) is 7.11 Å². The van der Waals surface area contributed by atoms with Gasteiger partial charge in [0.25, 0.3) is 0 Å². The van der Waals surface area contributed by atoms with Crippen LogP contribution in [-0.2, 0) is 16.1 Å². The third-order valence-electron chi connectivity index (χ3n) is 3.52. The lowest BCUT2D eigenvalue weighted by Gasteiger charge is -2.13. The number of rotatable bonds is 2. The van der Waals surface area contributed by atoms with Gasteiger partial charge in [0.2, 0.25) is 0 Å². The van der Waals surface area contributed by atoms with Crippen LogP contribution in [0, 0.1) is 6.92 Å². The molecule has 0 bridgehead atoms. The van der Waals surface area contributed by atoms with Crippen LogP contribution in [0.4, 0.5) is 0 Å². The lowest BCUT2D eigenvalue weighted by molar-refractivity contribution is 0.0533. The molecule has 0 unspecified atom stereocenters. The predicted octanol–water partition coefficient (Wildman–Crippen LogP) is 3.17. The molecule has 0 N–H and O–H groups in total. The summed E-state index contributed by atoms with van der Waals surface area (Å²) in [5.74, 6) is -1.03. The van der Waals surface area contributed by atoms with E-state index in [2.05, 4.69) is 4.98 Å². The average molecular weight is 318 g/mol. The van der Waals surface area contributed by atoms with Crippen molar-refractivity contribution in [3.05, 3.63) is 51.8 Å². The number of nitrogens with zero attached hydrogens (tertiary/aromatic N) is 1. The number of hydrogen-bond donors (Lipinski definition) is 0. The number of aryl methyl sites for hydroxylation is 1. The first-order chi connectivity index (χ1) is 10.5. The van der Waals surface area contributed by atoms with Gasteiger partial charge in [0.05, 0.1) is 29.6 Å². The smallest absolute Gasteiger partial charge is 0.341 e. The molecule has 0 atom stereocenters. The lowest BCUT2D eigenvalue weighted by Crippen LogP contribution is -2.12. The van der Waals surface area contributed by atoms with E-state index in [1.807, 2.05) is 0 Å². The van der Waals surface area contributed by atoms with Crippen molar-refractivity contribution in [1.82, 2.24) is 4.98 Å². The fraction of sp³-hybridized carbons (Fsp3) is 0.188. The van der Waals surface area contributed by atoms with Crippen LogP contribution >= 0.6 is 11.6 Å². The standard InChI is InChI=1S/C16H12ClNO4/c1-8-12(15(19)21-2)13(9-3-5-10(17)6-4-9)14-11(18-8)7-22-16(14)20/h3-6H,7H2,1-2H3. The van der Waals surface area contributed by atoms with Crippen molar-refractivity contribution in [3.63, 3.8) is 0 Å². The Kier molecular flexibility index (Phi) is 3.58. The molecule has 0 saturated carbocycles. The largest absolute Gasteiger partial charge is 0.465 e. The molecule has 112 valence electrons. The van der Waals surface area contributed by atoms with E-state index in [4.69, 9.17) is 21.1 Å². The summed E-state index contributed by atoms with van der Waals surface area (Å²) in [5.41, 5.74) is 2.77. The summed E-state index contributed by atoms with van der Waals surface area (Å²) in [7, 11) is 1.29. The number of aromatic nitrogens is 1. The first kappa shape index (κ1) is 14.5. The van der Waals surface area contributed by atoms with Gasteiger partial charge in [0.15, 0.2) is 0 Å². The van der Waals surface area contributed by atoms with Crippen LogP contribution in [-0.4, -0.2) is 24.0 Å². The van der Waals surface area contributed by atoms with E-state index in [9.17, 15) is 9.59 Å². The molecule has 3 rings (SSSR count). The number of cyclic esters (lactones) is 1. The van der Waals surface area contributed by atoms with Gasteiger partial charge in [-0.05, 0) is 24.6 Å². The number of pyridine rings is 1. The zero-order valence-corrected chi connectivity index (χ0v) is 12.7. The van der Waals surface area contributed by atoms with Crippen molar-refractivity contribution < 1.29 is 19.1 Å². The minimum atomic E-state index is -0.544. The highest BCUT2D eigenvalue weighted by molar-refractivity contribution is 6.30. The average Bonchev–Trinajstić information content (AvgIpc) is 2.87. The Labute approximate surface area is 131 Å². The normalized spacial score (nSPS) is 12.8. The quantitative estimate of drug-likeness (QED) is 0.796. The number of esters is 2. The number of carbonyl (C=O) groups excluding carboxylic acids is 2. The molecule has 22 heavy (non-hydrogen) atoms. The zero-order valence-electron chi connectivity index (χ0n) is 12.0. The molecule has 2 heterocycles. The second-order valence-corrected chi connectivity index (χ2v) is 5.28. The Morgan fingerprint density at radius 2 is 1.95 bits per heavy atom. The molecule has 0 spiro atoms. The van der Waals surface area contributed by atoms with E-state index in [0.29, 0.717) is 33.1 Å². The second kappa shape index (κ2) is 5.42. The van der Waals surface area contributed by atoms with Gasteiger partial charge < -0.3 is 9.47 Å². The molecule has 5 nitrogen and oxygen atoms in total. The van der Waals surface area contributed by atoms with E-state index in [0.717, 1.165) is 0 Å². The molecule has 0 fully saturated rings. The fourth-order valence-electron chi connectivity index (χ4n) is 2.55. The third kappa shape index (κ3) is 2.23. The van der Waals surface area contributed by atoms with E-state index >= 15 is 0 Å². The molecule has 6 heteroatoms.